The van der Waals surface area contributed by atoms with E-state index in [0.717, 1.165) is 29.1 Å². The molecular weight excluding hydrogens is 270 g/mol. The van der Waals surface area contributed by atoms with E-state index in [-0.39, 0.29) is 5.97 Å². The van der Waals surface area contributed by atoms with Crippen molar-refractivity contribution in [3.63, 3.8) is 0 Å². The van der Waals surface area contributed by atoms with Crippen LogP contribution in [0.25, 0.3) is 5.65 Å². The summed E-state index contributed by atoms with van der Waals surface area (Å²) in [7, 11) is 1.37. The molecule has 3 aromatic rings. The minimum atomic E-state index is -0.365. The Hall–Kier alpha value is -2.63. The maximum absolute atomic E-state index is 11.7. The molecule has 21 heavy (non-hydrogen) atoms. The lowest BCUT2D eigenvalue weighted by Gasteiger charge is -2.04. The van der Waals surface area contributed by atoms with Gasteiger partial charge in [0.15, 0.2) is 6.39 Å². The van der Waals surface area contributed by atoms with Crippen molar-refractivity contribution in [2.75, 3.05) is 7.11 Å². The van der Waals surface area contributed by atoms with E-state index in [1.54, 1.807) is 18.5 Å². The lowest BCUT2D eigenvalue weighted by molar-refractivity contribution is 0.0600. The summed E-state index contributed by atoms with van der Waals surface area (Å²) in [4.78, 5) is 20.4. The first-order valence-electron chi connectivity index (χ1n) is 6.68. The normalized spacial score (nSPS) is 11.0. The third-order valence-electron chi connectivity index (χ3n) is 3.39. The van der Waals surface area contributed by atoms with Crippen molar-refractivity contribution in [1.82, 2.24) is 14.4 Å². The number of carbonyl (C=O) groups is 1. The molecule has 6 nitrogen and oxygen atoms in total. The van der Waals surface area contributed by atoms with Crippen LogP contribution in [-0.4, -0.2) is 27.4 Å². The Labute approximate surface area is 121 Å². The van der Waals surface area contributed by atoms with E-state index in [1.165, 1.54) is 13.5 Å². The minimum absolute atomic E-state index is 0.365. The molecule has 0 aliphatic heterocycles. The summed E-state index contributed by atoms with van der Waals surface area (Å²) in [5.74, 6) is -0.365. The number of aromatic nitrogens is 3. The van der Waals surface area contributed by atoms with Crippen molar-refractivity contribution in [2.45, 2.75) is 19.8 Å². The Bertz CT molecular complexity index is 775. The summed E-state index contributed by atoms with van der Waals surface area (Å²) < 4.78 is 11.7. The Morgan fingerprint density at radius 1 is 1.43 bits per heavy atom. The second-order valence-electron chi connectivity index (χ2n) is 4.65. The number of pyridine rings is 1. The van der Waals surface area contributed by atoms with Crippen LogP contribution in [0, 0.1) is 0 Å². The number of esters is 1. The van der Waals surface area contributed by atoms with Crippen LogP contribution < -0.4 is 0 Å². The molecule has 0 aromatic carbocycles. The summed E-state index contributed by atoms with van der Waals surface area (Å²) in [5, 5.41) is 0. The molecule has 3 heterocycles. The zero-order valence-electron chi connectivity index (χ0n) is 11.9. The third-order valence-corrected chi connectivity index (χ3v) is 3.39. The van der Waals surface area contributed by atoms with Crippen LogP contribution in [0.5, 0.6) is 0 Å². The van der Waals surface area contributed by atoms with Gasteiger partial charge >= 0.3 is 5.97 Å². The highest BCUT2D eigenvalue weighted by Gasteiger charge is 2.15. The van der Waals surface area contributed by atoms with Gasteiger partial charge in [0, 0.05) is 12.6 Å². The topological polar surface area (TPSA) is 69.6 Å². The molecule has 0 saturated carbocycles. The monoisotopic (exact) mass is 285 g/mol. The van der Waals surface area contributed by atoms with Gasteiger partial charge in [-0.05, 0) is 18.6 Å². The molecule has 0 aliphatic rings. The van der Waals surface area contributed by atoms with E-state index >= 15 is 0 Å². The molecule has 0 atom stereocenters. The Morgan fingerprint density at radius 3 is 2.95 bits per heavy atom. The summed E-state index contributed by atoms with van der Waals surface area (Å²) in [6, 6.07) is 3.53. The number of oxazole rings is 1. The maximum atomic E-state index is 11.7. The molecule has 0 spiro atoms. The molecule has 0 bridgehead atoms. The Kier molecular flexibility index (Phi) is 3.43. The molecule has 0 radical (unpaired) electrons. The molecule has 0 unspecified atom stereocenters. The number of hydrogen-bond acceptors (Lipinski definition) is 5. The number of methoxy groups -OCH3 is 1. The number of hydrogen-bond donors (Lipinski definition) is 0. The lowest BCUT2D eigenvalue weighted by Crippen LogP contribution is -2.04. The molecule has 0 fully saturated rings. The van der Waals surface area contributed by atoms with Crippen LogP contribution in [0.4, 0.5) is 0 Å². The molecule has 3 aromatic heterocycles. The largest absolute Gasteiger partial charge is 0.465 e. The smallest absolute Gasteiger partial charge is 0.339 e. The van der Waals surface area contributed by atoms with E-state index in [4.69, 9.17) is 9.15 Å². The van der Waals surface area contributed by atoms with E-state index in [2.05, 4.69) is 16.9 Å². The fourth-order valence-corrected chi connectivity index (χ4v) is 2.35. The Balaban J connectivity index is 2.12. The van der Waals surface area contributed by atoms with Gasteiger partial charge in [-0.2, -0.15) is 0 Å². The number of aryl methyl sites for hydroxylation is 1. The average Bonchev–Trinajstić information content (AvgIpc) is 3.14. The van der Waals surface area contributed by atoms with Crippen LogP contribution in [0.3, 0.4) is 0 Å². The fourth-order valence-electron chi connectivity index (χ4n) is 2.35. The summed E-state index contributed by atoms with van der Waals surface area (Å²) in [6.45, 7) is 2.05. The van der Waals surface area contributed by atoms with Gasteiger partial charge in [-0.1, -0.05) is 6.92 Å². The number of ether oxygens (including phenoxy) is 1. The molecule has 6 heteroatoms. The van der Waals surface area contributed by atoms with Crippen LogP contribution in [0.1, 0.15) is 34.4 Å². The van der Waals surface area contributed by atoms with Crippen LogP contribution in [0.2, 0.25) is 0 Å². The highest BCUT2D eigenvalue weighted by atomic mass is 16.5. The Morgan fingerprint density at radius 2 is 2.29 bits per heavy atom. The zero-order valence-corrected chi connectivity index (χ0v) is 11.9. The molecule has 0 amide bonds. The minimum Gasteiger partial charge on any atom is -0.465 e. The second-order valence-corrected chi connectivity index (χ2v) is 4.65. The van der Waals surface area contributed by atoms with Gasteiger partial charge in [-0.15, -0.1) is 0 Å². The van der Waals surface area contributed by atoms with E-state index in [9.17, 15) is 4.79 Å². The van der Waals surface area contributed by atoms with Crippen molar-refractivity contribution in [2.24, 2.45) is 0 Å². The van der Waals surface area contributed by atoms with E-state index in [1.807, 2.05) is 10.5 Å². The van der Waals surface area contributed by atoms with Crippen molar-refractivity contribution in [3.8, 4) is 0 Å². The first-order chi connectivity index (χ1) is 10.2. The van der Waals surface area contributed by atoms with Gasteiger partial charge in [-0.3, -0.25) is 0 Å². The number of imidazole rings is 1. The molecular formula is C15H15N3O3. The lowest BCUT2D eigenvalue weighted by atomic mass is 10.2. The van der Waals surface area contributed by atoms with Gasteiger partial charge in [0.2, 0.25) is 0 Å². The first-order valence-corrected chi connectivity index (χ1v) is 6.68. The summed E-state index contributed by atoms with van der Waals surface area (Å²) >= 11 is 0. The van der Waals surface area contributed by atoms with Crippen molar-refractivity contribution >= 4 is 11.6 Å². The third kappa shape index (κ3) is 2.40. The molecule has 0 saturated heterocycles. The van der Waals surface area contributed by atoms with Gasteiger partial charge in [0.05, 0.1) is 29.8 Å². The number of carbonyl (C=O) groups excluding carboxylic acids is 1. The number of fused-ring (bicyclic) bond motifs is 1. The van der Waals surface area contributed by atoms with Crippen LogP contribution in [0.15, 0.2) is 35.4 Å². The van der Waals surface area contributed by atoms with Crippen LogP contribution >= 0.6 is 0 Å². The maximum Gasteiger partial charge on any atom is 0.339 e. The van der Waals surface area contributed by atoms with Crippen molar-refractivity contribution in [3.05, 3.63) is 53.6 Å². The number of rotatable bonds is 4. The molecule has 0 aliphatic carbocycles. The van der Waals surface area contributed by atoms with Gasteiger partial charge in [-0.25, -0.2) is 14.8 Å². The SMILES string of the molecule is CCc1nc2ccc(C(=O)OC)cn2c1Cc1cocn1. The van der Waals surface area contributed by atoms with Gasteiger partial charge < -0.3 is 13.6 Å². The standard InChI is InChI=1S/C15H15N3O3/c1-3-12-13(6-11-8-21-9-16-11)18-7-10(15(19)20-2)4-5-14(18)17-12/h4-5,7-9H,3,6H2,1-2H3. The summed E-state index contributed by atoms with van der Waals surface area (Å²) in [6.07, 6.45) is 6.18. The van der Waals surface area contributed by atoms with E-state index < -0.39 is 0 Å². The summed E-state index contributed by atoms with van der Waals surface area (Å²) in [5.41, 5.74) is 4.12. The highest BCUT2D eigenvalue weighted by Crippen LogP contribution is 2.18. The molecule has 0 N–H and O–H groups in total. The van der Waals surface area contributed by atoms with E-state index in [0.29, 0.717) is 12.0 Å². The average molecular weight is 285 g/mol. The fraction of sp³-hybridized carbons (Fsp3) is 0.267. The predicted molar refractivity (Wildman–Crippen MR) is 75.2 cm³/mol. The highest BCUT2D eigenvalue weighted by molar-refractivity contribution is 5.89. The second kappa shape index (κ2) is 5.40. The number of nitrogens with zero attached hydrogens (tertiary/aromatic N) is 3. The van der Waals surface area contributed by atoms with Crippen molar-refractivity contribution < 1.29 is 13.9 Å². The first kappa shape index (κ1) is 13.4. The van der Waals surface area contributed by atoms with Gasteiger partial charge in [0.25, 0.3) is 0 Å². The van der Waals surface area contributed by atoms with Crippen molar-refractivity contribution in [1.29, 1.82) is 0 Å². The van der Waals surface area contributed by atoms with Gasteiger partial charge in [0.1, 0.15) is 11.9 Å². The quantitative estimate of drug-likeness (QED) is 0.688. The molecule has 108 valence electrons. The predicted octanol–water partition coefficient (Wildman–Crippen LogP) is 2.26. The van der Waals surface area contributed by atoms with Crippen LogP contribution in [-0.2, 0) is 17.6 Å². The zero-order chi connectivity index (χ0) is 14.8. The molecule has 3 rings (SSSR count).